The number of hydrogen-bond acceptors (Lipinski definition) is 4. The van der Waals surface area contributed by atoms with Gasteiger partial charge in [0.1, 0.15) is 5.75 Å². The molecule has 0 aliphatic carbocycles. The standard InChI is InChI=1S/C13H11FO4S/c1-17-12-4-2-3-5-13(12)18-10-6-8-11(9-7-10)19(14,15)16/h2-9H,1H3. The first-order valence-corrected chi connectivity index (χ1v) is 6.74. The van der Waals surface area contributed by atoms with Crippen LogP contribution in [0.1, 0.15) is 0 Å². The molecule has 2 aromatic rings. The number of halogens is 1. The lowest BCUT2D eigenvalue weighted by Crippen LogP contribution is -1.93. The third-order valence-electron chi connectivity index (χ3n) is 2.40. The van der Waals surface area contributed by atoms with Gasteiger partial charge in [0.25, 0.3) is 0 Å². The second-order valence-corrected chi connectivity index (χ2v) is 5.01. The van der Waals surface area contributed by atoms with Gasteiger partial charge >= 0.3 is 10.2 Å². The molecule has 19 heavy (non-hydrogen) atoms. The molecule has 0 fully saturated rings. The van der Waals surface area contributed by atoms with Crippen LogP contribution < -0.4 is 9.47 Å². The second kappa shape index (κ2) is 5.27. The van der Waals surface area contributed by atoms with Crippen LogP contribution in [-0.2, 0) is 10.2 Å². The van der Waals surface area contributed by atoms with Crippen LogP contribution in [0.4, 0.5) is 3.89 Å². The monoisotopic (exact) mass is 282 g/mol. The van der Waals surface area contributed by atoms with Gasteiger partial charge in [-0.1, -0.05) is 12.1 Å². The van der Waals surface area contributed by atoms with Crippen molar-refractivity contribution in [1.29, 1.82) is 0 Å². The van der Waals surface area contributed by atoms with Gasteiger partial charge in [0, 0.05) is 0 Å². The number of ether oxygens (including phenoxy) is 2. The van der Waals surface area contributed by atoms with Gasteiger partial charge in [0.05, 0.1) is 12.0 Å². The van der Waals surface area contributed by atoms with Crippen molar-refractivity contribution in [2.45, 2.75) is 4.90 Å². The van der Waals surface area contributed by atoms with Crippen LogP contribution in [0.5, 0.6) is 17.2 Å². The van der Waals surface area contributed by atoms with Crippen LogP contribution in [-0.4, -0.2) is 15.5 Å². The Morgan fingerprint density at radius 1 is 0.947 bits per heavy atom. The van der Waals surface area contributed by atoms with E-state index in [9.17, 15) is 12.3 Å². The summed E-state index contributed by atoms with van der Waals surface area (Å²) in [7, 11) is -3.17. The molecule has 2 aromatic carbocycles. The van der Waals surface area contributed by atoms with Crippen molar-refractivity contribution < 1.29 is 21.8 Å². The van der Waals surface area contributed by atoms with E-state index in [1.807, 2.05) is 0 Å². The van der Waals surface area contributed by atoms with Gasteiger partial charge in [-0.15, -0.1) is 3.89 Å². The average Bonchev–Trinajstić information content (AvgIpc) is 2.39. The predicted molar refractivity (Wildman–Crippen MR) is 67.8 cm³/mol. The number of methoxy groups -OCH3 is 1. The Kier molecular flexibility index (Phi) is 3.71. The van der Waals surface area contributed by atoms with E-state index in [1.54, 1.807) is 24.3 Å². The third kappa shape index (κ3) is 3.23. The Hall–Kier alpha value is -2.08. The fourth-order valence-corrected chi connectivity index (χ4v) is 1.96. The molecule has 2 rings (SSSR count). The first-order chi connectivity index (χ1) is 9.00. The van der Waals surface area contributed by atoms with Gasteiger partial charge in [-0.05, 0) is 36.4 Å². The summed E-state index contributed by atoms with van der Waals surface area (Å²) in [5.74, 6) is 1.42. The fourth-order valence-electron chi connectivity index (χ4n) is 1.50. The van der Waals surface area contributed by atoms with E-state index in [-0.39, 0.29) is 0 Å². The maximum atomic E-state index is 12.7. The van der Waals surface area contributed by atoms with Crippen LogP contribution >= 0.6 is 0 Å². The number of rotatable bonds is 4. The second-order valence-electron chi connectivity index (χ2n) is 3.66. The molecule has 0 N–H and O–H groups in total. The fraction of sp³-hybridized carbons (Fsp3) is 0.0769. The first-order valence-electron chi connectivity index (χ1n) is 5.36. The molecule has 0 aromatic heterocycles. The molecule has 0 saturated heterocycles. The highest BCUT2D eigenvalue weighted by molar-refractivity contribution is 7.86. The molecule has 0 bridgehead atoms. The molecule has 100 valence electrons. The summed E-state index contributed by atoms with van der Waals surface area (Å²) in [4.78, 5) is -0.403. The van der Waals surface area contributed by atoms with Crippen molar-refractivity contribution in [2.75, 3.05) is 7.11 Å². The SMILES string of the molecule is COc1ccccc1Oc1ccc(S(=O)(=O)F)cc1. The van der Waals surface area contributed by atoms with Gasteiger partial charge < -0.3 is 9.47 Å². The van der Waals surface area contributed by atoms with Crippen molar-refractivity contribution in [1.82, 2.24) is 0 Å². The van der Waals surface area contributed by atoms with E-state index < -0.39 is 15.1 Å². The van der Waals surface area contributed by atoms with Crippen molar-refractivity contribution in [3.8, 4) is 17.2 Å². The van der Waals surface area contributed by atoms with Crippen LogP contribution in [0.25, 0.3) is 0 Å². The van der Waals surface area contributed by atoms with E-state index in [4.69, 9.17) is 9.47 Å². The highest BCUT2D eigenvalue weighted by Crippen LogP contribution is 2.31. The molecule has 0 heterocycles. The van der Waals surface area contributed by atoms with E-state index in [2.05, 4.69) is 0 Å². The number of hydrogen-bond donors (Lipinski definition) is 0. The average molecular weight is 282 g/mol. The van der Waals surface area contributed by atoms with E-state index in [0.717, 1.165) is 12.1 Å². The minimum absolute atomic E-state index is 0.386. The van der Waals surface area contributed by atoms with Crippen LogP contribution in [0, 0.1) is 0 Å². The maximum Gasteiger partial charge on any atom is 0.332 e. The van der Waals surface area contributed by atoms with Crippen LogP contribution in [0.15, 0.2) is 53.4 Å². The lowest BCUT2D eigenvalue weighted by Gasteiger charge is -2.09. The summed E-state index contributed by atoms with van der Waals surface area (Å²) in [6.45, 7) is 0. The Balaban J connectivity index is 2.25. The molecule has 0 spiro atoms. The van der Waals surface area contributed by atoms with Gasteiger partial charge in [0.15, 0.2) is 11.5 Å². The summed E-state index contributed by atoms with van der Waals surface area (Å²) in [5.41, 5.74) is 0. The van der Waals surface area contributed by atoms with E-state index in [0.29, 0.717) is 17.2 Å². The molecule has 0 amide bonds. The molecule has 0 saturated carbocycles. The van der Waals surface area contributed by atoms with E-state index >= 15 is 0 Å². The molecule has 6 heteroatoms. The third-order valence-corrected chi connectivity index (χ3v) is 3.24. The van der Waals surface area contributed by atoms with Crippen LogP contribution in [0.2, 0.25) is 0 Å². The summed E-state index contributed by atoms with van der Waals surface area (Å²) in [5, 5.41) is 0. The highest BCUT2D eigenvalue weighted by Gasteiger charge is 2.11. The summed E-state index contributed by atoms with van der Waals surface area (Å²) >= 11 is 0. The van der Waals surface area contributed by atoms with Crippen molar-refractivity contribution in [3.63, 3.8) is 0 Å². The lowest BCUT2D eigenvalue weighted by atomic mass is 10.3. The minimum atomic E-state index is -4.69. The smallest absolute Gasteiger partial charge is 0.332 e. The zero-order valence-electron chi connectivity index (χ0n) is 10.0. The highest BCUT2D eigenvalue weighted by atomic mass is 32.3. The Labute approximate surface area is 110 Å². The molecule has 0 radical (unpaired) electrons. The zero-order valence-corrected chi connectivity index (χ0v) is 10.9. The Morgan fingerprint density at radius 3 is 2.05 bits per heavy atom. The normalized spacial score (nSPS) is 11.1. The summed E-state index contributed by atoms with van der Waals surface area (Å²) in [6.07, 6.45) is 0. The van der Waals surface area contributed by atoms with Crippen molar-refractivity contribution in [2.24, 2.45) is 0 Å². The molecule has 0 unspecified atom stereocenters. The molecular formula is C13H11FO4S. The molecule has 0 aliphatic rings. The Bertz CT molecular complexity index is 665. The number of para-hydroxylation sites is 2. The maximum absolute atomic E-state index is 12.7. The van der Waals surface area contributed by atoms with Gasteiger partial charge in [-0.2, -0.15) is 8.42 Å². The quantitative estimate of drug-likeness (QED) is 0.808. The van der Waals surface area contributed by atoms with Crippen LogP contribution in [0.3, 0.4) is 0 Å². The van der Waals surface area contributed by atoms with Gasteiger partial charge in [-0.25, -0.2) is 0 Å². The summed E-state index contributed by atoms with van der Waals surface area (Å²) < 4.78 is 44.7. The molecule has 0 atom stereocenters. The first kappa shape index (κ1) is 13.4. The largest absolute Gasteiger partial charge is 0.493 e. The van der Waals surface area contributed by atoms with Crippen molar-refractivity contribution in [3.05, 3.63) is 48.5 Å². The molecular weight excluding hydrogens is 271 g/mol. The lowest BCUT2D eigenvalue weighted by molar-refractivity contribution is 0.379. The molecule has 4 nitrogen and oxygen atoms in total. The number of benzene rings is 2. The van der Waals surface area contributed by atoms with Gasteiger partial charge in [-0.3, -0.25) is 0 Å². The predicted octanol–water partition coefficient (Wildman–Crippen LogP) is 3.15. The van der Waals surface area contributed by atoms with E-state index in [1.165, 1.54) is 19.2 Å². The molecule has 0 aliphatic heterocycles. The summed E-state index contributed by atoms with van der Waals surface area (Å²) in [6, 6.07) is 12.0. The van der Waals surface area contributed by atoms with Gasteiger partial charge in [0.2, 0.25) is 0 Å². The zero-order chi connectivity index (χ0) is 13.9. The minimum Gasteiger partial charge on any atom is -0.493 e. The van der Waals surface area contributed by atoms with Crippen molar-refractivity contribution >= 4 is 10.2 Å². The topological polar surface area (TPSA) is 52.6 Å². The Morgan fingerprint density at radius 2 is 1.53 bits per heavy atom.